The molecule has 2 atom stereocenters. The van der Waals surface area contributed by atoms with Gasteiger partial charge in [0.2, 0.25) is 5.91 Å². The molecule has 3 aliphatic rings. The van der Waals surface area contributed by atoms with Crippen molar-refractivity contribution in [1.29, 1.82) is 0 Å². The molecule has 0 N–H and O–H groups in total. The molecule has 0 bridgehead atoms. The third kappa shape index (κ3) is 3.92. The summed E-state index contributed by atoms with van der Waals surface area (Å²) >= 11 is 0. The molecular weight excluding hydrogens is 419 g/mol. The number of rotatable bonds is 2. The maximum absolute atomic E-state index is 13.5. The summed E-state index contributed by atoms with van der Waals surface area (Å²) in [6.07, 6.45) is -4.08. The number of benzene rings is 2. The lowest BCUT2D eigenvalue weighted by Crippen LogP contribution is -2.62. The average Bonchev–Trinajstić information content (AvgIpc) is 2.83. The zero-order valence-corrected chi connectivity index (χ0v) is 17.7. The quantitative estimate of drug-likeness (QED) is 0.710. The molecule has 0 unspecified atom stereocenters. The monoisotopic (exact) mass is 445 g/mol. The molecule has 170 valence electrons. The second-order valence-corrected chi connectivity index (χ2v) is 8.63. The topological polar surface area (TPSA) is 36.0 Å². The van der Waals surface area contributed by atoms with E-state index in [1.165, 1.54) is 6.07 Å². The molecule has 0 spiro atoms. The Bertz CT molecular complexity index is 976. The number of halogens is 3. The molecule has 0 aromatic heterocycles. The minimum absolute atomic E-state index is 0.0151. The second kappa shape index (κ2) is 8.31. The Morgan fingerprint density at radius 1 is 0.969 bits per heavy atom. The van der Waals surface area contributed by atoms with E-state index in [9.17, 15) is 18.0 Å². The van der Waals surface area contributed by atoms with Crippen molar-refractivity contribution in [2.24, 2.45) is 5.92 Å². The number of piperazine rings is 1. The molecule has 2 aromatic rings. The number of para-hydroxylation sites is 1. The number of amides is 1. The highest BCUT2D eigenvalue weighted by molar-refractivity contribution is 5.82. The Kier molecular flexibility index (Phi) is 5.49. The molecule has 2 aromatic carbocycles. The molecule has 2 fully saturated rings. The number of hydrogen-bond acceptors (Lipinski definition) is 4. The Morgan fingerprint density at radius 2 is 1.72 bits per heavy atom. The maximum atomic E-state index is 13.5. The molecule has 0 aliphatic carbocycles. The van der Waals surface area contributed by atoms with E-state index in [4.69, 9.17) is 4.74 Å². The summed E-state index contributed by atoms with van der Waals surface area (Å²) in [6, 6.07) is 13.9. The van der Waals surface area contributed by atoms with Crippen LogP contribution in [0.25, 0.3) is 0 Å². The number of nitrogens with zero attached hydrogens (tertiary/aromatic N) is 3. The van der Waals surface area contributed by atoms with Gasteiger partial charge in [0.1, 0.15) is 0 Å². The lowest BCUT2D eigenvalue weighted by atomic mass is 9.82. The largest absolute Gasteiger partial charge is 0.416 e. The van der Waals surface area contributed by atoms with Crippen LogP contribution in [0.5, 0.6) is 0 Å². The number of fused-ring (bicyclic) bond motifs is 3. The number of carbonyl (C=O) groups excluding carboxylic acids is 1. The summed E-state index contributed by atoms with van der Waals surface area (Å²) < 4.78 is 45.5. The third-order valence-corrected chi connectivity index (χ3v) is 6.80. The van der Waals surface area contributed by atoms with Crippen molar-refractivity contribution in [3.63, 3.8) is 0 Å². The van der Waals surface area contributed by atoms with Gasteiger partial charge in [-0.3, -0.25) is 4.79 Å². The number of hydrogen-bond donors (Lipinski definition) is 0. The third-order valence-electron chi connectivity index (χ3n) is 6.80. The normalized spacial score (nSPS) is 23.5. The molecular formula is C24H26F3N3O2. The van der Waals surface area contributed by atoms with Gasteiger partial charge in [-0.05, 0) is 42.3 Å². The first-order valence-corrected chi connectivity index (χ1v) is 11.0. The van der Waals surface area contributed by atoms with Gasteiger partial charge >= 0.3 is 6.18 Å². The standard InChI is InChI=1S/C24H26F3N3O2/c25-24(26,27)18-6-7-21-17(14-18)15-20(23(31)28-10-12-32-13-11-28)22-16-29(8-9-30(21)22)19-4-2-1-3-5-19/h1-7,14,20,22H,8-13,15-16H2/t20-,22+/m0/s1. The van der Waals surface area contributed by atoms with Crippen LogP contribution in [0.4, 0.5) is 24.5 Å². The predicted molar refractivity (Wildman–Crippen MR) is 116 cm³/mol. The fourth-order valence-electron chi connectivity index (χ4n) is 5.18. The maximum Gasteiger partial charge on any atom is 0.416 e. The highest BCUT2D eigenvalue weighted by Gasteiger charge is 2.44. The van der Waals surface area contributed by atoms with Crippen molar-refractivity contribution in [3.05, 3.63) is 59.7 Å². The van der Waals surface area contributed by atoms with Crippen LogP contribution in [0.3, 0.4) is 0 Å². The van der Waals surface area contributed by atoms with Crippen molar-refractivity contribution in [3.8, 4) is 0 Å². The lowest BCUT2D eigenvalue weighted by Gasteiger charge is -2.50. The van der Waals surface area contributed by atoms with Crippen molar-refractivity contribution in [1.82, 2.24) is 4.90 Å². The second-order valence-electron chi connectivity index (χ2n) is 8.63. The fraction of sp³-hybridized carbons (Fsp3) is 0.458. The van der Waals surface area contributed by atoms with Gasteiger partial charge in [-0.1, -0.05) is 18.2 Å². The first-order chi connectivity index (χ1) is 15.4. The van der Waals surface area contributed by atoms with Crippen LogP contribution in [-0.4, -0.2) is 62.8 Å². The summed E-state index contributed by atoms with van der Waals surface area (Å²) in [6.45, 7) is 4.12. The van der Waals surface area contributed by atoms with Gasteiger partial charge in [0.25, 0.3) is 0 Å². The van der Waals surface area contributed by atoms with E-state index in [1.54, 1.807) is 6.07 Å². The van der Waals surface area contributed by atoms with Crippen LogP contribution in [0.1, 0.15) is 11.1 Å². The van der Waals surface area contributed by atoms with E-state index in [1.807, 2.05) is 23.1 Å². The lowest BCUT2D eigenvalue weighted by molar-refractivity contribution is -0.140. The molecule has 0 saturated carbocycles. The van der Waals surface area contributed by atoms with E-state index >= 15 is 0 Å². The highest BCUT2D eigenvalue weighted by atomic mass is 19.4. The first-order valence-electron chi connectivity index (χ1n) is 11.0. The van der Waals surface area contributed by atoms with Crippen LogP contribution >= 0.6 is 0 Å². The van der Waals surface area contributed by atoms with Gasteiger partial charge in [-0.25, -0.2) is 0 Å². The van der Waals surface area contributed by atoms with E-state index in [2.05, 4.69) is 21.9 Å². The van der Waals surface area contributed by atoms with Crippen molar-refractivity contribution >= 4 is 17.3 Å². The van der Waals surface area contributed by atoms with Crippen LogP contribution < -0.4 is 9.80 Å². The summed E-state index contributed by atoms with van der Waals surface area (Å²) in [5.41, 5.74) is 1.87. The minimum atomic E-state index is -4.40. The van der Waals surface area contributed by atoms with Gasteiger partial charge in [0.15, 0.2) is 0 Å². The number of morpholine rings is 1. The molecule has 5 rings (SSSR count). The Morgan fingerprint density at radius 3 is 2.44 bits per heavy atom. The molecule has 3 aliphatic heterocycles. The van der Waals surface area contributed by atoms with Gasteiger partial charge in [-0.15, -0.1) is 0 Å². The Hall–Kier alpha value is -2.74. The number of alkyl halides is 3. The Balaban J connectivity index is 1.49. The SMILES string of the molecule is O=C([C@H]1Cc2cc(C(F)(F)F)ccc2N2CCN(c3ccccc3)C[C@H]12)N1CCOCC1. The molecule has 8 heteroatoms. The Labute approximate surface area is 185 Å². The predicted octanol–water partition coefficient (Wildman–Crippen LogP) is 3.43. The van der Waals surface area contributed by atoms with E-state index in [-0.39, 0.29) is 11.9 Å². The van der Waals surface area contributed by atoms with Crippen LogP contribution in [0.15, 0.2) is 48.5 Å². The van der Waals surface area contributed by atoms with E-state index in [0.717, 1.165) is 24.0 Å². The molecule has 2 saturated heterocycles. The van der Waals surface area contributed by atoms with E-state index < -0.39 is 17.7 Å². The number of carbonyl (C=O) groups is 1. The smallest absolute Gasteiger partial charge is 0.378 e. The van der Waals surface area contributed by atoms with Gasteiger partial charge in [-0.2, -0.15) is 13.2 Å². The fourth-order valence-corrected chi connectivity index (χ4v) is 5.18. The first kappa shape index (κ1) is 21.1. The van der Waals surface area contributed by atoms with Crippen LogP contribution in [-0.2, 0) is 22.1 Å². The number of ether oxygens (including phenoxy) is 1. The van der Waals surface area contributed by atoms with Gasteiger partial charge in [0, 0.05) is 44.1 Å². The highest BCUT2D eigenvalue weighted by Crippen LogP contribution is 2.40. The molecule has 3 heterocycles. The zero-order valence-electron chi connectivity index (χ0n) is 17.7. The zero-order chi connectivity index (χ0) is 22.3. The summed E-state index contributed by atoms with van der Waals surface area (Å²) in [5, 5.41) is 0. The number of anilines is 2. The van der Waals surface area contributed by atoms with E-state index in [0.29, 0.717) is 51.4 Å². The van der Waals surface area contributed by atoms with Crippen LogP contribution in [0.2, 0.25) is 0 Å². The van der Waals surface area contributed by atoms with Crippen molar-refractivity contribution < 1.29 is 22.7 Å². The molecule has 32 heavy (non-hydrogen) atoms. The average molecular weight is 445 g/mol. The van der Waals surface area contributed by atoms with Gasteiger partial charge < -0.3 is 19.4 Å². The van der Waals surface area contributed by atoms with Crippen LogP contribution in [0, 0.1) is 5.92 Å². The minimum Gasteiger partial charge on any atom is -0.378 e. The molecule has 5 nitrogen and oxygen atoms in total. The summed E-state index contributed by atoms with van der Waals surface area (Å²) in [7, 11) is 0. The van der Waals surface area contributed by atoms with Crippen molar-refractivity contribution in [2.75, 3.05) is 55.7 Å². The molecule has 0 radical (unpaired) electrons. The van der Waals surface area contributed by atoms with Crippen molar-refractivity contribution in [2.45, 2.75) is 18.6 Å². The summed E-state index contributed by atoms with van der Waals surface area (Å²) in [4.78, 5) is 19.8. The summed E-state index contributed by atoms with van der Waals surface area (Å²) in [5.74, 6) is -0.378. The van der Waals surface area contributed by atoms with Gasteiger partial charge in [0.05, 0.1) is 30.7 Å². The molecule has 1 amide bonds.